The molecule has 0 aromatic heterocycles. The Bertz CT molecular complexity index is 301. The highest BCUT2D eigenvalue weighted by molar-refractivity contribution is 5.77. The van der Waals surface area contributed by atoms with Gasteiger partial charge in [-0.15, -0.1) is 0 Å². The van der Waals surface area contributed by atoms with E-state index in [0.717, 1.165) is 36.9 Å². The summed E-state index contributed by atoms with van der Waals surface area (Å²) in [5.41, 5.74) is 6.80. The Morgan fingerprint density at radius 1 is 1.37 bits per heavy atom. The first-order chi connectivity index (χ1) is 8.97. The van der Waals surface area contributed by atoms with Gasteiger partial charge in [-0.2, -0.15) is 0 Å². The van der Waals surface area contributed by atoms with Crippen LogP contribution >= 0.6 is 0 Å². The van der Waals surface area contributed by atoms with E-state index in [1.807, 2.05) is 6.92 Å². The summed E-state index contributed by atoms with van der Waals surface area (Å²) in [4.78, 5) is 6.77. The molecule has 0 aromatic carbocycles. The molecule has 1 saturated heterocycles. The van der Waals surface area contributed by atoms with Gasteiger partial charge in [-0.05, 0) is 38.1 Å². The van der Waals surface area contributed by atoms with Crippen molar-refractivity contribution < 1.29 is 0 Å². The number of hydrogen-bond donors (Lipinski definition) is 2. The Morgan fingerprint density at radius 2 is 2.00 bits per heavy atom. The topological polar surface area (TPSA) is 53.6 Å². The van der Waals surface area contributed by atoms with Gasteiger partial charge in [-0.25, -0.2) is 4.99 Å². The van der Waals surface area contributed by atoms with Gasteiger partial charge >= 0.3 is 0 Å². The third kappa shape index (κ3) is 7.21. The van der Waals surface area contributed by atoms with E-state index < -0.39 is 0 Å². The summed E-state index contributed by atoms with van der Waals surface area (Å²) in [6.45, 7) is 15.6. The van der Waals surface area contributed by atoms with Gasteiger partial charge in [-0.3, -0.25) is 0 Å². The standard InChI is InChI=1S/C15H30N4/c1-12(2)9-18-15(16)17-6-5-7-19-10-13(3)8-14(4)11-19/h13-14H,1,5-11H2,2-4H3,(H3,16,17,18). The number of nitrogens with two attached hydrogens (primary N) is 1. The zero-order valence-electron chi connectivity index (χ0n) is 12.8. The number of nitrogens with zero attached hydrogens (tertiary/aromatic N) is 2. The van der Waals surface area contributed by atoms with Gasteiger partial charge < -0.3 is 16.0 Å². The summed E-state index contributed by atoms with van der Waals surface area (Å²) in [6, 6.07) is 0. The average molecular weight is 266 g/mol. The summed E-state index contributed by atoms with van der Waals surface area (Å²) in [5, 5.41) is 3.16. The number of rotatable bonds is 6. The first-order valence-corrected chi connectivity index (χ1v) is 7.38. The molecule has 110 valence electrons. The highest BCUT2D eigenvalue weighted by atomic mass is 15.1. The van der Waals surface area contributed by atoms with Crippen LogP contribution in [0.2, 0.25) is 0 Å². The number of guanidine groups is 1. The lowest BCUT2D eigenvalue weighted by Crippen LogP contribution is -2.40. The second-order valence-electron chi connectivity index (χ2n) is 6.14. The molecule has 1 rings (SSSR count). The zero-order chi connectivity index (χ0) is 14.3. The molecule has 19 heavy (non-hydrogen) atoms. The Kier molecular flexibility index (Phi) is 6.92. The Balaban J connectivity index is 2.13. The van der Waals surface area contributed by atoms with Gasteiger partial charge in [0.25, 0.3) is 0 Å². The molecular formula is C15H30N4. The van der Waals surface area contributed by atoms with Crippen molar-refractivity contribution in [1.82, 2.24) is 10.2 Å². The van der Waals surface area contributed by atoms with Gasteiger partial charge in [-0.1, -0.05) is 26.0 Å². The molecular weight excluding hydrogens is 236 g/mol. The second kappa shape index (κ2) is 8.20. The van der Waals surface area contributed by atoms with Crippen molar-refractivity contribution >= 4 is 5.96 Å². The fourth-order valence-electron chi connectivity index (χ4n) is 2.77. The Morgan fingerprint density at radius 3 is 2.58 bits per heavy atom. The van der Waals surface area contributed by atoms with Crippen LogP contribution in [0.4, 0.5) is 0 Å². The lowest BCUT2D eigenvalue weighted by atomic mass is 9.92. The Labute approximate surface area is 118 Å². The molecule has 1 aliphatic rings. The highest BCUT2D eigenvalue weighted by Crippen LogP contribution is 2.20. The van der Waals surface area contributed by atoms with E-state index in [0.29, 0.717) is 12.5 Å². The molecule has 0 radical (unpaired) electrons. The van der Waals surface area contributed by atoms with Crippen LogP contribution < -0.4 is 11.1 Å². The fourth-order valence-corrected chi connectivity index (χ4v) is 2.77. The minimum atomic E-state index is 0.531. The van der Waals surface area contributed by atoms with Crippen LogP contribution in [0.5, 0.6) is 0 Å². The van der Waals surface area contributed by atoms with Gasteiger partial charge in [0.05, 0.1) is 6.54 Å². The van der Waals surface area contributed by atoms with Crippen LogP contribution in [0.3, 0.4) is 0 Å². The number of hydrogen-bond acceptors (Lipinski definition) is 2. The molecule has 0 amide bonds. The molecule has 1 aliphatic heterocycles. The predicted octanol–water partition coefficient (Wildman–Crippen LogP) is 1.83. The van der Waals surface area contributed by atoms with Crippen LogP contribution in [0.25, 0.3) is 0 Å². The van der Waals surface area contributed by atoms with Crippen molar-refractivity contribution in [3.05, 3.63) is 12.2 Å². The number of piperidine rings is 1. The molecule has 4 nitrogen and oxygen atoms in total. The molecule has 2 atom stereocenters. The maximum absolute atomic E-state index is 5.77. The van der Waals surface area contributed by atoms with Crippen LogP contribution in [0.15, 0.2) is 17.1 Å². The van der Waals surface area contributed by atoms with E-state index in [1.54, 1.807) is 0 Å². The van der Waals surface area contributed by atoms with Gasteiger partial charge in [0.2, 0.25) is 0 Å². The normalized spacial score (nSPS) is 25.3. The van der Waals surface area contributed by atoms with Gasteiger partial charge in [0.15, 0.2) is 5.96 Å². The van der Waals surface area contributed by atoms with Gasteiger partial charge in [0.1, 0.15) is 0 Å². The SMILES string of the molecule is C=C(C)CN=C(N)NCCCN1CC(C)CC(C)C1. The molecule has 1 fully saturated rings. The average Bonchev–Trinajstić information content (AvgIpc) is 2.31. The molecule has 2 unspecified atom stereocenters. The second-order valence-corrected chi connectivity index (χ2v) is 6.14. The monoisotopic (exact) mass is 266 g/mol. The summed E-state index contributed by atoms with van der Waals surface area (Å²) in [7, 11) is 0. The largest absolute Gasteiger partial charge is 0.370 e. The van der Waals surface area contributed by atoms with Crippen molar-refractivity contribution in [2.75, 3.05) is 32.7 Å². The third-order valence-corrected chi connectivity index (χ3v) is 3.42. The maximum atomic E-state index is 5.77. The first kappa shape index (κ1) is 16.0. The number of aliphatic imine (C=N–C) groups is 1. The van der Waals surface area contributed by atoms with E-state index in [-0.39, 0.29) is 0 Å². The lowest BCUT2D eigenvalue weighted by molar-refractivity contribution is 0.140. The third-order valence-electron chi connectivity index (χ3n) is 3.42. The number of nitrogens with one attached hydrogen (secondary N) is 1. The minimum absolute atomic E-state index is 0.531. The van der Waals surface area contributed by atoms with Crippen LogP contribution in [0.1, 0.15) is 33.6 Å². The molecule has 4 heteroatoms. The molecule has 1 heterocycles. The molecule has 0 spiro atoms. The van der Waals surface area contributed by atoms with E-state index in [9.17, 15) is 0 Å². The highest BCUT2D eigenvalue weighted by Gasteiger charge is 2.20. The maximum Gasteiger partial charge on any atom is 0.188 e. The minimum Gasteiger partial charge on any atom is -0.370 e. The lowest BCUT2D eigenvalue weighted by Gasteiger charge is -2.34. The molecule has 3 N–H and O–H groups in total. The van der Waals surface area contributed by atoms with Crippen LogP contribution in [0, 0.1) is 11.8 Å². The summed E-state index contributed by atoms with van der Waals surface area (Å²) >= 11 is 0. The molecule has 0 aromatic rings. The predicted molar refractivity (Wildman–Crippen MR) is 83.3 cm³/mol. The quantitative estimate of drug-likeness (QED) is 0.334. The van der Waals surface area contributed by atoms with E-state index >= 15 is 0 Å². The Hall–Kier alpha value is -1.03. The van der Waals surface area contributed by atoms with E-state index in [2.05, 4.69) is 35.6 Å². The molecule has 0 bridgehead atoms. The van der Waals surface area contributed by atoms with Gasteiger partial charge in [0, 0.05) is 19.6 Å². The van der Waals surface area contributed by atoms with E-state index in [4.69, 9.17) is 5.73 Å². The van der Waals surface area contributed by atoms with Crippen LogP contribution in [-0.4, -0.2) is 43.6 Å². The van der Waals surface area contributed by atoms with Crippen molar-refractivity contribution in [1.29, 1.82) is 0 Å². The molecule has 0 aliphatic carbocycles. The molecule has 0 saturated carbocycles. The van der Waals surface area contributed by atoms with E-state index in [1.165, 1.54) is 19.5 Å². The van der Waals surface area contributed by atoms with Crippen molar-refractivity contribution in [3.63, 3.8) is 0 Å². The number of likely N-dealkylation sites (tertiary alicyclic amines) is 1. The zero-order valence-corrected chi connectivity index (χ0v) is 12.8. The first-order valence-electron chi connectivity index (χ1n) is 7.38. The van der Waals surface area contributed by atoms with Crippen molar-refractivity contribution in [2.45, 2.75) is 33.6 Å². The summed E-state index contributed by atoms with van der Waals surface area (Å²) < 4.78 is 0. The van der Waals surface area contributed by atoms with Crippen molar-refractivity contribution in [3.8, 4) is 0 Å². The van der Waals surface area contributed by atoms with Crippen LogP contribution in [-0.2, 0) is 0 Å². The summed E-state index contributed by atoms with van der Waals surface area (Å²) in [5.74, 6) is 2.20. The fraction of sp³-hybridized carbons (Fsp3) is 0.800. The summed E-state index contributed by atoms with van der Waals surface area (Å²) in [6.07, 6.45) is 2.48. The smallest absolute Gasteiger partial charge is 0.188 e. The van der Waals surface area contributed by atoms with Crippen molar-refractivity contribution in [2.24, 2.45) is 22.6 Å².